The molecule has 0 saturated carbocycles. The predicted molar refractivity (Wildman–Crippen MR) is 64.5 cm³/mol. The van der Waals surface area contributed by atoms with E-state index in [2.05, 4.69) is 0 Å². The van der Waals surface area contributed by atoms with Gasteiger partial charge in [-0.3, -0.25) is 0 Å². The average Bonchev–Trinajstić information content (AvgIpc) is 2.44. The van der Waals surface area contributed by atoms with Crippen LogP contribution in [0.25, 0.3) is 0 Å². The molecule has 1 heterocycles. The number of rotatable bonds is 8. The molecule has 1 rings (SSSR count). The number of aliphatic hydroxyl groups excluding tert-OH is 2. The molecule has 2 N–H and O–H groups in total. The molecule has 18 heavy (non-hydrogen) atoms. The Kier molecular flexibility index (Phi) is 6.48. The molecule has 2 atom stereocenters. The van der Waals surface area contributed by atoms with Crippen molar-refractivity contribution >= 4 is 0 Å². The Morgan fingerprint density at radius 2 is 1.28 bits per heavy atom. The van der Waals surface area contributed by atoms with Crippen LogP contribution >= 0.6 is 0 Å². The maximum atomic E-state index is 9.41. The van der Waals surface area contributed by atoms with Gasteiger partial charge in [-0.1, -0.05) is 0 Å². The van der Waals surface area contributed by atoms with Gasteiger partial charge in [0.2, 0.25) is 0 Å². The molecule has 0 amide bonds. The Hall–Kier alpha value is -0.240. The van der Waals surface area contributed by atoms with Gasteiger partial charge in [0.25, 0.3) is 0 Å². The van der Waals surface area contributed by atoms with Crippen molar-refractivity contribution in [2.24, 2.45) is 0 Å². The molecule has 0 bridgehead atoms. The van der Waals surface area contributed by atoms with Crippen LogP contribution in [-0.2, 0) is 18.9 Å². The molecule has 1 saturated heterocycles. The molecular formula is C12H24O6. The van der Waals surface area contributed by atoms with Crippen LogP contribution in [0.15, 0.2) is 0 Å². The lowest BCUT2D eigenvalue weighted by Crippen LogP contribution is -2.60. The van der Waals surface area contributed by atoms with Gasteiger partial charge in [0.1, 0.15) is 11.2 Å². The highest BCUT2D eigenvalue weighted by molar-refractivity contribution is 4.91. The molecule has 0 spiro atoms. The van der Waals surface area contributed by atoms with Crippen LogP contribution in [-0.4, -0.2) is 74.3 Å². The zero-order valence-corrected chi connectivity index (χ0v) is 11.2. The minimum atomic E-state index is -0.832. The molecule has 1 aliphatic heterocycles. The molecule has 0 unspecified atom stereocenters. The van der Waals surface area contributed by atoms with Gasteiger partial charge in [-0.25, -0.2) is 0 Å². The van der Waals surface area contributed by atoms with E-state index in [4.69, 9.17) is 18.9 Å². The van der Waals surface area contributed by atoms with E-state index >= 15 is 0 Å². The minimum absolute atomic E-state index is 0.177. The summed E-state index contributed by atoms with van der Waals surface area (Å²) in [5.41, 5.74) is -1.66. The van der Waals surface area contributed by atoms with E-state index in [0.29, 0.717) is 13.2 Å². The minimum Gasteiger partial charge on any atom is -0.393 e. The summed E-state index contributed by atoms with van der Waals surface area (Å²) in [6.45, 7) is 5.40. The maximum Gasteiger partial charge on any atom is 0.138 e. The molecule has 0 aromatic carbocycles. The SMILES string of the molecule is CCOC[C@@]1(CO)CO[C@](CO)(COCC)CO1. The highest BCUT2D eigenvalue weighted by Gasteiger charge is 2.44. The van der Waals surface area contributed by atoms with Gasteiger partial charge in [0, 0.05) is 13.2 Å². The molecule has 0 aliphatic carbocycles. The van der Waals surface area contributed by atoms with Crippen molar-refractivity contribution < 1.29 is 29.2 Å². The summed E-state index contributed by atoms with van der Waals surface area (Å²) >= 11 is 0. The fraction of sp³-hybridized carbons (Fsp3) is 1.00. The summed E-state index contributed by atoms with van der Waals surface area (Å²) in [6.07, 6.45) is 0. The summed E-state index contributed by atoms with van der Waals surface area (Å²) in [6, 6.07) is 0. The number of hydrogen-bond acceptors (Lipinski definition) is 6. The first-order valence-electron chi connectivity index (χ1n) is 6.31. The standard InChI is InChI=1S/C12H24O6/c1-3-15-7-11(5-13)9-18-12(6-14,10-17-11)8-16-4-2/h13-14H,3-10H2,1-2H3/t11-,12+. The second-order valence-electron chi connectivity index (χ2n) is 4.53. The lowest BCUT2D eigenvalue weighted by molar-refractivity contribution is -0.277. The third-order valence-electron chi connectivity index (χ3n) is 3.00. The van der Waals surface area contributed by atoms with E-state index in [1.54, 1.807) is 0 Å². The normalized spacial score (nSPS) is 32.7. The van der Waals surface area contributed by atoms with Crippen LogP contribution < -0.4 is 0 Å². The van der Waals surface area contributed by atoms with Gasteiger partial charge in [-0.2, -0.15) is 0 Å². The summed E-state index contributed by atoms with van der Waals surface area (Å²) in [7, 11) is 0. The van der Waals surface area contributed by atoms with Crippen molar-refractivity contribution in [2.45, 2.75) is 25.0 Å². The predicted octanol–water partition coefficient (Wildman–Crippen LogP) is -0.432. The lowest BCUT2D eigenvalue weighted by Gasteiger charge is -2.44. The summed E-state index contributed by atoms with van der Waals surface area (Å²) in [4.78, 5) is 0. The third kappa shape index (κ3) is 3.88. The van der Waals surface area contributed by atoms with Crippen molar-refractivity contribution in [3.63, 3.8) is 0 Å². The van der Waals surface area contributed by atoms with Gasteiger partial charge < -0.3 is 29.2 Å². The Morgan fingerprint density at radius 1 is 0.889 bits per heavy atom. The molecular weight excluding hydrogens is 240 g/mol. The van der Waals surface area contributed by atoms with Gasteiger partial charge in [0.05, 0.1) is 39.6 Å². The van der Waals surface area contributed by atoms with E-state index in [1.807, 2.05) is 13.8 Å². The van der Waals surface area contributed by atoms with Crippen molar-refractivity contribution in [3.05, 3.63) is 0 Å². The largest absolute Gasteiger partial charge is 0.393 e. The highest BCUT2D eigenvalue weighted by atomic mass is 16.6. The zero-order valence-electron chi connectivity index (χ0n) is 11.2. The quantitative estimate of drug-likeness (QED) is 0.619. The van der Waals surface area contributed by atoms with Crippen molar-refractivity contribution in [1.29, 1.82) is 0 Å². The smallest absolute Gasteiger partial charge is 0.138 e. The van der Waals surface area contributed by atoms with Gasteiger partial charge in [0.15, 0.2) is 0 Å². The average molecular weight is 264 g/mol. The van der Waals surface area contributed by atoms with Gasteiger partial charge in [-0.05, 0) is 13.8 Å². The van der Waals surface area contributed by atoms with Crippen LogP contribution in [0.2, 0.25) is 0 Å². The Balaban J connectivity index is 2.54. The van der Waals surface area contributed by atoms with Crippen LogP contribution in [0.4, 0.5) is 0 Å². The summed E-state index contributed by atoms with van der Waals surface area (Å²) in [5, 5.41) is 18.8. The van der Waals surface area contributed by atoms with Crippen molar-refractivity contribution in [3.8, 4) is 0 Å². The maximum absolute atomic E-state index is 9.41. The van der Waals surface area contributed by atoms with Crippen molar-refractivity contribution in [1.82, 2.24) is 0 Å². The molecule has 0 radical (unpaired) electrons. The van der Waals surface area contributed by atoms with Crippen LogP contribution in [0.1, 0.15) is 13.8 Å². The molecule has 0 aromatic heterocycles. The van der Waals surface area contributed by atoms with Crippen LogP contribution in [0, 0.1) is 0 Å². The van der Waals surface area contributed by atoms with E-state index in [0.717, 1.165) is 0 Å². The molecule has 0 aromatic rings. The highest BCUT2D eigenvalue weighted by Crippen LogP contribution is 2.26. The zero-order chi connectivity index (χ0) is 13.5. The Morgan fingerprint density at radius 3 is 1.50 bits per heavy atom. The lowest BCUT2D eigenvalue weighted by atomic mass is 10.0. The molecule has 108 valence electrons. The summed E-state index contributed by atoms with van der Waals surface area (Å²) in [5.74, 6) is 0. The molecule has 1 aliphatic rings. The van der Waals surface area contributed by atoms with Crippen LogP contribution in [0.5, 0.6) is 0 Å². The first-order valence-corrected chi connectivity index (χ1v) is 6.31. The second kappa shape index (κ2) is 7.37. The molecule has 6 nitrogen and oxygen atoms in total. The summed E-state index contributed by atoms with van der Waals surface area (Å²) < 4.78 is 21.9. The molecule has 6 heteroatoms. The monoisotopic (exact) mass is 264 g/mol. The van der Waals surface area contributed by atoms with Crippen LogP contribution in [0.3, 0.4) is 0 Å². The van der Waals surface area contributed by atoms with Gasteiger partial charge >= 0.3 is 0 Å². The van der Waals surface area contributed by atoms with E-state index < -0.39 is 11.2 Å². The molecule has 1 fully saturated rings. The number of aliphatic hydroxyl groups is 2. The van der Waals surface area contributed by atoms with Gasteiger partial charge in [-0.15, -0.1) is 0 Å². The van der Waals surface area contributed by atoms with E-state index in [9.17, 15) is 10.2 Å². The Bertz CT molecular complexity index is 201. The van der Waals surface area contributed by atoms with E-state index in [-0.39, 0.29) is 39.6 Å². The first kappa shape index (κ1) is 15.8. The second-order valence-corrected chi connectivity index (χ2v) is 4.53. The topological polar surface area (TPSA) is 77.4 Å². The van der Waals surface area contributed by atoms with Crippen molar-refractivity contribution in [2.75, 3.05) is 52.9 Å². The third-order valence-corrected chi connectivity index (χ3v) is 3.00. The van der Waals surface area contributed by atoms with E-state index in [1.165, 1.54) is 0 Å². The first-order chi connectivity index (χ1) is 8.66. The number of hydrogen-bond donors (Lipinski definition) is 2. The fourth-order valence-electron chi connectivity index (χ4n) is 1.67. The number of ether oxygens (including phenoxy) is 4. The fourth-order valence-corrected chi connectivity index (χ4v) is 1.67. The Labute approximate surface area is 108 Å².